The lowest BCUT2D eigenvalue weighted by Gasteiger charge is -2.34. The van der Waals surface area contributed by atoms with Gasteiger partial charge in [0.25, 0.3) is 0 Å². The molecule has 0 radical (unpaired) electrons. The van der Waals surface area contributed by atoms with Crippen molar-refractivity contribution in [2.45, 2.75) is 63.8 Å². The average molecular weight is 650 g/mol. The van der Waals surface area contributed by atoms with Crippen molar-refractivity contribution < 1.29 is 31.2 Å². The summed E-state index contributed by atoms with van der Waals surface area (Å²) < 4.78 is 67.2. The summed E-state index contributed by atoms with van der Waals surface area (Å²) in [5, 5.41) is 2.80. The van der Waals surface area contributed by atoms with Gasteiger partial charge in [0, 0.05) is 19.0 Å². The van der Waals surface area contributed by atoms with Gasteiger partial charge < -0.3 is 10.2 Å². The quantitative estimate of drug-likeness (QED) is 0.271. The lowest BCUT2D eigenvalue weighted by molar-refractivity contribution is -0.140. The SMILES string of the molecule is Cc1ccccc1CN(C(=O)CN(c1cc(C(F)(F)F)ccc1Cl)S(C)(=O)=O)[C@H](Cc1ccccc1)C(=O)NC1CCCC1. The third-order valence-electron chi connectivity index (χ3n) is 7.80. The van der Waals surface area contributed by atoms with E-state index in [1.807, 2.05) is 55.5 Å². The number of aryl methyl sites for hydroxylation is 1. The largest absolute Gasteiger partial charge is 0.416 e. The van der Waals surface area contributed by atoms with E-state index in [0.717, 1.165) is 60.8 Å². The van der Waals surface area contributed by atoms with Gasteiger partial charge in [-0.2, -0.15) is 13.2 Å². The number of carbonyl (C=O) groups excluding carboxylic acids is 2. The normalized spacial score (nSPS) is 14.7. The molecule has 0 saturated heterocycles. The van der Waals surface area contributed by atoms with E-state index < -0.39 is 45.9 Å². The molecule has 4 rings (SSSR count). The maximum Gasteiger partial charge on any atom is 0.416 e. The zero-order valence-corrected chi connectivity index (χ0v) is 26.1. The molecular formula is C32H35ClF3N3O4S. The Hall–Kier alpha value is -3.57. The molecule has 0 aromatic heterocycles. The van der Waals surface area contributed by atoms with Gasteiger partial charge in [0.05, 0.1) is 22.5 Å². The van der Waals surface area contributed by atoms with E-state index >= 15 is 0 Å². The summed E-state index contributed by atoms with van der Waals surface area (Å²) in [6.45, 7) is 0.955. The number of benzene rings is 3. The zero-order valence-electron chi connectivity index (χ0n) is 24.5. The molecule has 2 amide bonds. The fourth-order valence-electron chi connectivity index (χ4n) is 5.37. The molecule has 0 aliphatic heterocycles. The number of amides is 2. The number of rotatable bonds is 11. The fourth-order valence-corrected chi connectivity index (χ4v) is 6.49. The molecule has 1 saturated carbocycles. The molecule has 1 aliphatic carbocycles. The lowest BCUT2D eigenvalue weighted by atomic mass is 10.0. The Balaban J connectivity index is 1.78. The van der Waals surface area contributed by atoms with Crippen molar-refractivity contribution >= 4 is 39.1 Å². The molecule has 1 N–H and O–H groups in total. The predicted molar refractivity (Wildman–Crippen MR) is 165 cm³/mol. The van der Waals surface area contributed by atoms with Gasteiger partial charge in [-0.15, -0.1) is 0 Å². The summed E-state index contributed by atoms with van der Waals surface area (Å²) in [6, 6.07) is 17.6. The van der Waals surface area contributed by atoms with Gasteiger partial charge in [0.15, 0.2) is 0 Å². The maximum absolute atomic E-state index is 14.2. The topological polar surface area (TPSA) is 86.8 Å². The highest BCUT2D eigenvalue weighted by Crippen LogP contribution is 2.36. The standard InChI is InChI=1S/C32H35ClF3N3O4S/c1-22-10-6-7-13-24(22)20-38(29(18-23-11-4-3-5-12-23)31(41)37-26-14-8-9-15-26)30(40)21-39(44(2,42)43)28-19-25(32(34,35)36)16-17-27(28)33/h3-7,10-13,16-17,19,26,29H,8-9,14-15,18,20-21H2,1-2H3,(H,37,41)/t29-/m1/s1. The maximum atomic E-state index is 14.2. The second kappa shape index (κ2) is 14.0. The Labute approximate surface area is 261 Å². The number of hydrogen-bond donors (Lipinski definition) is 1. The smallest absolute Gasteiger partial charge is 0.352 e. The number of halogens is 4. The van der Waals surface area contributed by atoms with E-state index in [9.17, 15) is 31.2 Å². The number of anilines is 1. The third kappa shape index (κ3) is 8.53. The number of sulfonamides is 1. The minimum absolute atomic E-state index is 0.0327. The van der Waals surface area contributed by atoms with Crippen LogP contribution < -0.4 is 9.62 Å². The first-order chi connectivity index (χ1) is 20.7. The van der Waals surface area contributed by atoms with E-state index in [-0.39, 0.29) is 29.9 Å². The molecule has 3 aromatic rings. The van der Waals surface area contributed by atoms with Gasteiger partial charge in [-0.1, -0.05) is 79.0 Å². The molecule has 0 spiro atoms. The highest BCUT2D eigenvalue weighted by Gasteiger charge is 2.36. The molecule has 0 heterocycles. The highest BCUT2D eigenvalue weighted by atomic mass is 35.5. The number of carbonyl (C=O) groups is 2. The van der Waals surface area contributed by atoms with Crippen LogP contribution in [0.3, 0.4) is 0 Å². The second-order valence-corrected chi connectivity index (χ2v) is 13.4. The number of nitrogens with zero attached hydrogens (tertiary/aromatic N) is 2. The summed E-state index contributed by atoms with van der Waals surface area (Å²) in [7, 11) is -4.30. The van der Waals surface area contributed by atoms with Crippen LogP contribution in [-0.2, 0) is 38.8 Å². The zero-order chi connectivity index (χ0) is 32.1. The van der Waals surface area contributed by atoms with Crippen LogP contribution >= 0.6 is 11.6 Å². The van der Waals surface area contributed by atoms with Crippen molar-refractivity contribution in [3.63, 3.8) is 0 Å². The molecule has 0 unspecified atom stereocenters. The number of nitrogens with one attached hydrogen (secondary N) is 1. The third-order valence-corrected chi connectivity index (χ3v) is 9.24. The van der Waals surface area contributed by atoms with Gasteiger partial charge in [-0.3, -0.25) is 13.9 Å². The van der Waals surface area contributed by atoms with Gasteiger partial charge in [-0.25, -0.2) is 8.42 Å². The van der Waals surface area contributed by atoms with E-state index in [2.05, 4.69) is 5.32 Å². The van der Waals surface area contributed by atoms with E-state index in [0.29, 0.717) is 10.4 Å². The van der Waals surface area contributed by atoms with Crippen molar-refractivity contribution in [3.8, 4) is 0 Å². The first-order valence-electron chi connectivity index (χ1n) is 14.3. The van der Waals surface area contributed by atoms with Crippen LogP contribution in [0.15, 0.2) is 72.8 Å². The Morgan fingerprint density at radius 3 is 2.25 bits per heavy atom. The van der Waals surface area contributed by atoms with Crippen LogP contribution in [0.25, 0.3) is 0 Å². The van der Waals surface area contributed by atoms with Gasteiger partial charge in [0.1, 0.15) is 12.6 Å². The second-order valence-electron chi connectivity index (χ2n) is 11.1. The van der Waals surface area contributed by atoms with Crippen molar-refractivity contribution in [1.82, 2.24) is 10.2 Å². The van der Waals surface area contributed by atoms with E-state index in [1.165, 1.54) is 4.90 Å². The number of hydrogen-bond acceptors (Lipinski definition) is 4. The molecule has 236 valence electrons. The van der Waals surface area contributed by atoms with Crippen molar-refractivity contribution in [2.75, 3.05) is 17.1 Å². The Bertz CT molecular complexity index is 1580. The average Bonchev–Trinajstić information content (AvgIpc) is 3.47. The molecule has 7 nitrogen and oxygen atoms in total. The van der Waals surface area contributed by atoms with Crippen LogP contribution in [-0.4, -0.2) is 50.0 Å². The first kappa shape index (κ1) is 33.3. The van der Waals surface area contributed by atoms with Crippen LogP contribution in [0, 0.1) is 6.92 Å². The van der Waals surface area contributed by atoms with Gasteiger partial charge in [-0.05, 0) is 54.7 Å². The molecule has 3 aromatic carbocycles. The minimum Gasteiger partial charge on any atom is -0.352 e. The van der Waals surface area contributed by atoms with Gasteiger partial charge in [0.2, 0.25) is 21.8 Å². The van der Waals surface area contributed by atoms with Crippen molar-refractivity contribution in [2.24, 2.45) is 0 Å². The summed E-state index contributed by atoms with van der Waals surface area (Å²) >= 11 is 6.21. The molecule has 1 atom stereocenters. The van der Waals surface area contributed by atoms with Crippen molar-refractivity contribution in [1.29, 1.82) is 0 Å². The molecule has 1 aliphatic rings. The molecule has 44 heavy (non-hydrogen) atoms. The number of alkyl halides is 3. The highest BCUT2D eigenvalue weighted by molar-refractivity contribution is 7.92. The van der Waals surface area contributed by atoms with Crippen LogP contribution in [0.1, 0.15) is 47.9 Å². The molecule has 1 fully saturated rings. The summed E-state index contributed by atoms with van der Waals surface area (Å²) in [4.78, 5) is 29.5. The predicted octanol–water partition coefficient (Wildman–Crippen LogP) is 6.13. The Morgan fingerprint density at radius 1 is 1.00 bits per heavy atom. The van der Waals surface area contributed by atoms with Gasteiger partial charge >= 0.3 is 6.18 Å². The van der Waals surface area contributed by atoms with Crippen LogP contribution in [0.4, 0.5) is 18.9 Å². The first-order valence-corrected chi connectivity index (χ1v) is 16.5. The molecule has 12 heteroatoms. The lowest BCUT2D eigenvalue weighted by Crippen LogP contribution is -2.54. The van der Waals surface area contributed by atoms with Crippen LogP contribution in [0.5, 0.6) is 0 Å². The monoisotopic (exact) mass is 649 g/mol. The summed E-state index contributed by atoms with van der Waals surface area (Å²) in [5.74, 6) is -1.15. The van der Waals surface area contributed by atoms with Crippen molar-refractivity contribution in [3.05, 3.63) is 100 Å². The Morgan fingerprint density at radius 2 is 1.64 bits per heavy atom. The summed E-state index contributed by atoms with van der Waals surface area (Å²) in [6.07, 6.45) is -0.279. The Kier molecular flexibility index (Phi) is 10.6. The van der Waals surface area contributed by atoms with Crippen LogP contribution in [0.2, 0.25) is 5.02 Å². The van der Waals surface area contributed by atoms with E-state index in [1.54, 1.807) is 6.07 Å². The summed E-state index contributed by atoms with van der Waals surface area (Å²) in [5.41, 5.74) is 0.759. The van der Waals surface area contributed by atoms with E-state index in [4.69, 9.17) is 11.6 Å². The molecule has 0 bridgehead atoms. The fraction of sp³-hybridized carbons (Fsp3) is 0.375. The molecular weight excluding hydrogens is 615 g/mol. The minimum atomic E-state index is -4.78.